The van der Waals surface area contributed by atoms with Gasteiger partial charge < -0.3 is 20.5 Å². The van der Waals surface area contributed by atoms with Crippen molar-refractivity contribution in [3.63, 3.8) is 0 Å². The zero-order valence-electron chi connectivity index (χ0n) is 8.91. The Balaban J connectivity index is 3.43. The summed E-state index contributed by atoms with van der Waals surface area (Å²) in [6.45, 7) is 3.13. The number of carbonyl (C=O) groups excluding carboxylic acids is 2. The van der Waals surface area contributed by atoms with Crippen molar-refractivity contribution >= 4 is 11.8 Å². The molecule has 6 nitrogen and oxygen atoms in total. The Bertz CT molecular complexity index is 197. The topological polar surface area (TPSA) is 87.7 Å². The molecule has 0 fully saturated rings. The van der Waals surface area contributed by atoms with Crippen molar-refractivity contribution in [1.29, 1.82) is 0 Å². The van der Waals surface area contributed by atoms with E-state index >= 15 is 0 Å². The number of hydrogen-bond donors (Lipinski definition) is 3. The molecule has 0 aromatic heterocycles. The molecule has 3 N–H and O–H groups in total. The van der Waals surface area contributed by atoms with E-state index in [0.717, 1.165) is 6.42 Å². The molecule has 0 heterocycles. The number of amides is 2. The second-order valence-electron chi connectivity index (χ2n) is 2.85. The van der Waals surface area contributed by atoms with E-state index in [1.165, 1.54) is 0 Å². The van der Waals surface area contributed by atoms with Crippen molar-refractivity contribution in [2.24, 2.45) is 0 Å². The predicted molar refractivity (Wildman–Crippen MR) is 54.2 cm³/mol. The molecule has 0 aromatic rings. The SMILES string of the molecule is CCCNC(=O)C(=O)NCCOCCO. The fourth-order valence-corrected chi connectivity index (χ4v) is 0.802. The summed E-state index contributed by atoms with van der Waals surface area (Å²) >= 11 is 0. The number of hydrogen-bond acceptors (Lipinski definition) is 4. The maximum absolute atomic E-state index is 11.1. The standard InChI is InChI=1S/C9H18N2O4/c1-2-3-10-8(13)9(14)11-4-6-15-7-5-12/h12H,2-7H2,1H3,(H,10,13)(H,11,14). The van der Waals surface area contributed by atoms with Gasteiger partial charge in [0.15, 0.2) is 0 Å². The highest BCUT2D eigenvalue weighted by Gasteiger charge is 2.10. The highest BCUT2D eigenvalue weighted by Crippen LogP contribution is 1.75. The van der Waals surface area contributed by atoms with Gasteiger partial charge >= 0.3 is 11.8 Å². The van der Waals surface area contributed by atoms with Gasteiger partial charge in [-0.25, -0.2) is 0 Å². The van der Waals surface area contributed by atoms with Crippen LogP contribution in [-0.2, 0) is 14.3 Å². The summed E-state index contributed by atoms with van der Waals surface area (Å²) in [5.74, 6) is -1.28. The first-order valence-corrected chi connectivity index (χ1v) is 4.97. The van der Waals surface area contributed by atoms with Gasteiger partial charge in [0.1, 0.15) is 0 Å². The number of nitrogens with one attached hydrogen (secondary N) is 2. The minimum Gasteiger partial charge on any atom is -0.394 e. The van der Waals surface area contributed by atoms with E-state index in [1.807, 2.05) is 6.92 Å². The van der Waals surface area contributed by atoms with Gasteiger partial charge in [-0.2, -0.15) is 0 Å². The van der Waals surface area contributed by atoms with Gasteiger partial charge in [-0.3, -0.25) is 9.59 Å². The second-order valence-corrected chi connectivity index (χ2v) is 2.85. The second kappa shape index (κ2) is 9.42. The Labute approximate surface area is 89.0 Å². The first-order chi connectivity index (χ1) is 7.22. The first-order valence-electron chi connectivity index (χ1n) is 4.97. The molecule has 0 rings (SSSR count). The molecule has 0 aliphatic heterocycles. The summed E-state index contributed by atoms with van der Waals surface area (Å²) in [6.07, 6.45) is 0.790. The monoisotopic (exact) mass is 218 g/mol. The minimum absolute atomic E-state index is 0.0507. The zero-order chi connectivity index (χ0) is 11.5. The van der Waals surface area contributed by atoms with Crippen molar-refractivity contribution in [2.75, 3.05) is 32.9 Å². The summed E-state index contributed by atoms with van der Waals surface area (Å²) in [5.41, 5.74) is 0. The summed E-state index contributed by atoms with van der Waals surface area (Å²) < 4.78 is 4.90. The quantitative estimate of drug-likeness (QED) is 0.364. The molecule has 0 saturated heterocycles. The number of aliphatic hydroxyl groups is 1. The largest absolute Gasteiger partial charge is 0.394 e. The van der Waals surface area contributed by atoms with E-state index in [2.05, 4.69) is 10.6 Å². The summed E-state index contributed by atoms with van der Waals surface area (Å²) in [4.78, 5) is 22.1. The van der Waals surface area contributed by atoms with Crippen LogP contribution in [0.2, 0.25) is 0 Å². The molecule has 0 aliphatic carbocycles. The van der Waals surface area contributed by atoms with Crippen LogP contribution in [0.3, 0.4) is 0 Å². The van der Waals surface area contributed by atoms with Crippen LogP contribution in [0.25, 0.3) is 0 Å². The molecule has 0 unspecified atom stereocenters. The third kappa shape index (κ3) is 7.90. The lowest BCUT2D eigenvalue weighted by Crippen LogP contribution is -2.41. The third-order valence-electron chi connectivity index (χ3n) is 1.51. The van der Waals surface area contributed by atoms with Crippen molar-refractivity contribution in [2.45, 2.75) is 13.3 Å². The number of rotatable bonds is 7. The van der Waals surface area contributed by atoms with Gasteiger partial charge in [-0.05, 0) is 6.42 Å². The van der Waals surface area contributed by atoms with Crippen molar-refractivity contribution in [3.05, 3.63) is 0 Å². The highest BCUT2D eigenvalue weighted by atomic mass is 16.5. The summed E-state index contributed by atoms with van der Waals surface area (Å²) in [6, 6.07) is 0. The van der Waals surface area contributed by atoms with Gasteiger partial charge in [-0.15, -0.1) is 0 Å². The van der Waals surface area contributed by atoms with Crippen LogP contribution in [0.1, 0.15) is 13.3 Å². The number of ether oxygens (including phenoxy) is 1. The zero-order valence-corrected chi connectivity index (χ0v) is 8.91. The normalized spacial score (nSPS) is 9.73. The van der Waals surface area contributed by atoms with Crippen LogP contribution in [0.15, 0.2) is 0 Å². The lowest BCUT2D eigenvalue weighted by Gasteiger charge is -2.05. The fourth-order valence-electron chi connectivity index (χ4n) is 0.802. The van der Waals surface area contributed by atoms with Crippen molar-refractivity contribution in [3.8, 4) is 0 Å². The van der Waals surface area contributed by atoms with Gasteiger partial charge in [0, 0.05) is 13.1 Å². The molecule has 0 radical (unpaired) electrons. The summed E-state index contributed by atoms with van der Waals surface area (Å²) in [5, 5.41) is 13.2. The van der Waals surface area contributed by atoms with Crippen LogP contribution < -0.4 is 10.6 Å². The van der Waals surface area contributed by atoms with Crippen LogP contribution >= 0.6 is 0 Å². The van der Waals surface area contributed by atoms with E-state index in [1.54, 1.807) is 0 Å². The van der Waals surface area contributed by atoms with Crippen LogP contribution in [0.5, 0.6) is 0 Å². The lowest BCUT2D eigenvalue weighted by molar-refractivity contribution is -0.139. The van der Waals surface area contributed by atoms with Crippen molar-refractivity contribution < 1.29 is 19.4 Å². The minimum atomic E-state index is -0.656. The smallest absolute Gasteiger partial charge is 0.309 e. The molecule has 0 atom stereocenters. The van der Waals surface area contributed by atoms with E-state index in [9.17, 15) is 9.59 Å². The van der Waals surface area contributed by atoms with E-state index in [0.29, 0.717) is 6.54 Å². The Hall–Kier alpha value is -1.14. The molecule has 2 amide bonds. The Morgan fingerprint density at radius 1 is 1.13 bits per heavy atom. The molecule has 0 aromatic carbocycles. The lowest BCUT2D eigenvalue weighted by atomic mass is 10.4. The Morgan fingerprint density at radius 2 is 1.73 bits per heavy atom. The fraction of sp³-hybridized carbons (Fsp3) is 0.778. The van der Waals surface area contributed by atoms with Crippen LogP contribution in [0, 0.1) is 0 Å². The maximum Gasteiger partial charge on any atom is 0.309 e. The number of aliphatic hydroxyl groups excluding tert-OH is 1. The molecule has 0 bridgehead atoms. The highest BCUT2D eigenvalue weighted by molar-refractivity contribution is 6.35. The molecule has 15 heavy (non-hydrogen) atoms. The summed E-state index contributed by atoms with van der Waals surface area (Å²) in [7, 11) is 0. The van der Waals surface area contributed by atoms with Gasteiger partial charge in [0.05, 0.1) is 19.8 Å². The van der Waals surface area contributed by atoms with Crippen LogP contribution in [-0.4, -0.2) is 49.8 Å². The molecule has 0 saturated carbocycles. The number of carbonyl (C=O) groups is 2. The first kappa shape index (κ1) is 13.9. The molecule has 6 heteroatoms. The van der Waals surface area contributed by atoms with E-state index in [-0.39, 0.29) is 26.4 Å². The predicted octanol–water partition coefficient (Wildman–Crippen LogP) is -1.36. The van der Waals surface area contributed by atoms with Crippen LogP contribution in [0.4, 0.5) is 0 Å². The Morgan fingerprint density at radius 3 is 2.27 bits per heavy atom. The van der Waals surface area contributed by atoms with Gasteiger partial charge in [0.2, 0.25) is 0 Å². The molecular weight excluding hydrogens is 200 g/mol. The van der Waals surface area contributed by atoms with E-state index < -0.39 is 11.8 Å². The van der Waals surface area contributed by atoms with E-state index in [4.69, 9.17) is 9.84 Å². The maximum atomic E-state index is 11.1. The van der Waals surface area contributed by atoms with Gasteiger partial charge in [-0.1, -0.05) is 6.92 Å². The Kier molecular flexibility index (Phi) is 8.70. The average molecular weight is 218 g/mol. The molecule has 88 valence electrons. The molecule has 0 aliphatic rings. The third-order valence-corrected chi connectivity index (χ3v) is 1.51. The van der Waals surface area contributed by atoms with Crippen molar-refractivity contribution in [1.82, 2.24) is 10.6 Å². The van der Waals surface area contributed by atoms with Gasteiger partial charge in [0.25, 0.3) is 0 Å². The molecule has 0 spiro atoms. The molecular formula is C9H18N2O4. The average Bonchev–Trinajstić information content (AvgIpc) is 2.25.